The van der Waals surface area contributed by atoms with E-state index in [0.29, 0.717) is 22.8 Å². The van der Waals surface area contributed by atoms with Gasteiger partial charge in [-0.15, -0.1) is 10.2 Å². The molecule has 2 aromatic carbocycles. The average Bonchev–Trinajstić information content (AvgIpc) is 3.13. The third-order valence-corrected chi connectivity index (χ3v) is 6.64. The molecule has 0 unspecified atom stereocenters. The smallest absolute Gasteiger partial charge is 0.175 e. The van der Waals surface area contributed by atoms with Crippen LogP contribution in [0.5, 0.6) is 5.75 Å². The van der Waals surface area contributed by atoms with Crippen LogP contribution in [0.3, 0.4) is 0 Å². The maximum Gasteiger partial charge on any atom is 0.175 e. The van der Waals surface area contributed by atoms with Crippen LogP contribution < -0.4 is 4.74 Å². The summed E-state index contributed by atoms with van der Waals surface area (Å²) in [6, 6.07) is 13.6. The van der Waals surface area contributed by atoms with Gasteiger partial charge < -0.3 is 4.74 Å². The first-order valence-corrected chi connectivity index (χ1v) is 10.4. The zero-order valence-electron chi connectivity index (χ0n) is 13.8. The van der Waals surface area contributed by atoms with Crippen molar-refractivity contribution in [2.45, 2.75) is 14.4 Å². The lowest BCUT2D eigenvalue weighted by atomic mass is 10.2. The Kier molecular flexibility index (Phi) is 6.65. The summed E-state index contributed by atoms with van der Waals surface area (Å²) in [6.07, 6.45) is 0. The lowest BCUT2D eigenvalue weighted by Gasteiger charge is -2.06. The SMILES string of the molecule is COc1ccc(F)cc1CSc1nnc(SCC(=O)c2ccccc2)s1. The number of Topliss-reactive ketones (excluding diaryl/α,β-unsaturated/α-hetero) is 1. The predicted molar refractivity (Wildman–Crippen MR) is 104 cm³/mol. The fourth-order valence-corrected chi connectivity index (χ4v) is 5.04. The number of rotatable bonds is 8. The van der Waals surface area contributed by atoms with Gasteiger partial charge in [0.15, 0.2) is 14.5 Å². The van der Waals surface area contributed by atoms with Crippen LogP contribution >= 0.6 is 34.9 Å². The second kappa shape index (κ2) is 9.16. The van der Waals surface area contributed by atoms with Crippen molar-refractivity contribution in [1.82, 2.24) is 10.2 Å². The molecule has 3 aromatic rings. The van der Waals surface area contributed by atoms with Gasteiger partial charge in [-0.3, -0.25) is 4.79 Å². The molecule has 4 nitrogen and oxygen atoms in total. The Morgan fingerprint density at radius 2 is 1.85 bits per heavy atom. The van der Waals surface area contributed by atoms with E-state index >= 15 is 0 Å². The van der Waals surface area contributed by atoms with Crippen molar-refractivity contribution in [2.24, 2.45) is 0 Å². The Morgan fingerprint density at radius 3 is 2.58 bits per heavy atom. The fourth-order valence-electron chi connectivity index (χ4n) is 2.15. The average molecular weight is 407 g/mol. The van der Waals surface area contributed by atoms with Gasteiger partial charge in [0.25, 0.3) is 0 Å². The van der Waals surface area contributed by atoms with Gasteiger partial charge in [-0.1, -0.05) is 65.2 Å². The number of aromatic nitrogens is 2. The van der Waals surface area contributed by atoms with Gasteiger partial charge in [-0.05, 0) is 18.2 Å². The van der Waals surface area contributed by atoms with Crippen molar-refractivity contribution in [3.05, 3.63) is 65.5 Å². The summed E-state index contributed by atoms with van der Waals surface area (Å²) in [5.41, 5.74) is 1.46. The molecule has 0 amide bonds. The van der Waals surface area contributed by atoms with E-state index in [1.165, 1.54) is 47.0 Å². The molecule has 134 valence electrons. The van der Waals surface area contributed by atoms with E-state index in [0.717, 1.165) is 14.2 Å². The summed E-state index contributed by atoms with van der Waals surface area (Å²) in [6.45, 7) is 0. The molecule has 0 aliphatic rings. The normalized spacial score (nSPS) is 10.7. The van der Waals surface area contributed by atoms with Crippen molar-refractivity contribution in [1.29, 1.82) is 0 Å². The van der Waals surface area contributed by atoms with Gasteiger partial charge in [0.2, 0.25) is 0 Å². The zero-order valence-corrected chi connectivity index (χ0v) is 16.3. The minimum absolute atomic E-state index is 0.0597. The summed E-state index contributed by atoms with van der Waals surface area (Å²) in [5, 5.41) is 8.23. The van der Waals surface area contributed by atoms with Crippen LogP contribution in [-0.4, -0.2) is 28.8 Å². The number of benzene rings is 2. The second-order valence-corrected chi connectivity index (χ2v) is 8.58. The van der Waals surface area contributed by atoms with E-state index in [-0.39, 0.29) is 11.6 Å². The number of carbonyl (C=O) groups excluding carboxylic acids is 1. The molecular weight excluding hydrogens is 391 g/mol. The fraction of sp³-hybridized carbons (Fsp3) is 0.167. The first kappa shape index (κ1) is 18.9. The van der Waals surface area contributed by atoms with Crippen LogP contribution in [0.25, 0.3) is 0 Å². The Bertz CT molecular complexity index is 887. The third kappa shape index (κ3) is 5.06. The highest BCUT2D eigenvalue weighted by Gasteiger charge is 2.11. The molecule has 0 radical (unpaired) electrons. The van der Waals surface area contributed by atoms with Crippen molar-refractivity contribution < 1.29 is 13.9 Å². The maximum atomic E-state index is 13.4. The number of methoxy groups -OCH3 is 1. The maximum absolute atomic E-state index is 13.4. The van der Waals surface area contributed by atoms with Crippen molar-refractivity contribution in [2.75, 3.05) is 12.9 Å². The molecule has 8 heteroatoms. The molecule has 26 heavy (non-hydrogen) atoms. The lowest BCUT2D eigenvalue weighted by Crippen LogP contribution is -2.01. The quantitative estimate of drug-likeness (QED) is 0.390. The Labute approximate surface area is 163 Å². The number of thioether (sulfide) groups is 2. The molecule has 0 saturated carbocycles. The molecule has 0 aliphatic carbocycles. The van der Waals surface area contributed by atoms with Crippen molar-refractivity contribution >= 4 is 40.6 Å². The Balaban J connectivity index is 1.55. The van der Waals surface area contributed by atoms with Crippen LogP contribution in [0.15, 0.2) is 57.2 Å². The highest BCUT2D eigenvalue weighted by molar-refractivity contribution is 8.03. The molecule has 0 fully saturated rings. The first-order valence-electron chi connectivity index (χ1n) is 7.65. The molecular formula is C18H15FN2O2S3. The second-order valence-electron chi connectivity index (χ2n) is 5.16. The first-order chi connectivity index (χ1) is 12.7. The zero-order chi connectivity index (χ0) is 18.4. The number of nitrogens with zero attached hydrogens (tertiary/aromatic N) is 2. The Hall–Kier alpha value is -1.90. The van der Waals surface area contributed by atoms with Gasteiger partial charge in [0, 0.05) is 16.9 Å². The molecule has 0 N–H and O–H groups in total. The van der Waals surface area contributed by atoms with Crippen molar-refractivity contribution in [3.63, 3.8) is 0 Å². The van der Waals surface area contributed by atoms with Crippen molar-refractivity contribution in [3.8, 4) is 5.75 Å². The van der Waals surface area contributed by atoms with E-state index in [1.807, 2.05) is 18.2 Å². The van der Waals surface area contributed by atoms with Gasteiger partial charge in [0.1, 0.15) is 11.6 Å². The molecule has 0 bridgehead atoms. The van der Waals surface area contributed by atoms with Gasteiger partial charge in [-0.2, -0.15) is 0 Å². The molecule has 1 aromatic heterocycles. The number of halogens is 1. The van der Waals surface area contributed by atoms with Gasteiger partial charge in [0.05, 0.1) is 12.9 Å². The molecule has 1 heterocycles. The summed E-state index contributed by atoms with van der Waals surface area (Å²) in [5.74, 6) is 1.26. The summed E-state index contributed by atoms with van der Waals surface area (Å²) < 4.78 is 20.2. The standard InChI is InChI=1S/C18H15FN2O2S3/c1-23-16-8-7-14(19)9-13(16)10-24-17-20-21-18(26-17)25-11-15(22)12-5-3-2-4-6-12/h2-9H,10-11H2,1H3. The molecule has 0 atom stereocenters. The van der Waals surface area contributed by atoms with E-state index in [1.54, 1.807) is 25.3 Å². The van der Waals surface area contributed by atoms with E-state index in [4.69, 9.17) is 4.74 Å². The lowest BCUT2D eigenvalue weighted by molar-refractivity contribution is 0.102. The van der Waals surface area contributed by atoms with Gasteiger partial charge in [-0.25, -0.2) is 4.39 Å². The third-order valence-electron chi connectivity index (χ3n) is 3.40. The topological polar surface area (TPSA) is 52.1 Å². The minimum atomic E-state index is -0.297. The van der Waals surface area contributed by atoms with Gasteiger partial charge >= 0.3 is 0 Å². The predicted octanol–water partition coefficient (Wildman–Crippen LogP) is 4.95. The number of hydrogen-bond acceptors (Lipinski definition) is 7. The van der Waals surface area contributed by atoms with Crippen LogP contribution in [0.2, 0.25) is 0 Å². The van der Waals surface area contributed by atoms with Crippen LogP contribution in [0.1, 0.15) is 15.9 Å². The van der Waals surface area contributed by atoms with Crippen LogP contribution in [0.4, 0.5) is 4.39 Å². The summed E-state index contributed by atoms with van der Waals surface area (Å²) in [7, 11) is 1.56. The van der Waals surface area contributed by atoms with E-state index in [9.17, 15) is 9.18 Å². The number of carbonyl (C=O) groups is 1. The molecule has 0 saturated heterocycles. The van der Waals surface area contributed by atoms with E-state index in [2.05, 4.69) is 10.2 Å². The summed E-state index contributed by atoms with van der Waals surface area (Å²) >= 11 is 4.26. The molecule has 0 aliphatic heterocycles. The highest BCUT2D eigenvalue weighted by atomic mass is 32.2. The van der Waals surface area contributed by atoms with Crippen LogP contribution in [0, 0.1) is 5.82 Å². The summed E-state index contributed by atoms with van der Waals surface area (Å²) in [4.78, 5) is 12.1. The number of ether oxygens (including phenoxy) is 1. The Morgan fingerprint density at radius 1 is 1.12 bits per heavy atom. The highest BCUT2D eigenvalue weighted by Crippen LogP contribution is 2.33. The monoisotopic (exact) mass is 406 g/mol. The molecule has 0 spiro atoms. The number of ketones is 1. The number of hydrogen-bond donors (Lipinski definition) is 0. The minimum Gasteiger partial charge on any atom is -0.496 e. The van der Waals surface area contributed by atoms with Crippen LogP contribution in [-0.2, 0) is 5.75 Å². The largest absolute Gasteiger partial charge is 0.496 e. The van der Waals surface area contributed by atoms with E-state index < -0.39 is 0 Å². The molecule has 3 rings (SSSR count).